The molecule has 0 fully saturated rings. The van der Waals surface area contributed by atoms with Crippen molar-refractivity contribution in [1.82, 2.24) is 14.9 Å². The number of carbonyl (C=O) groups is 1. The van der Waals surface area contributed by atoms with Gasteiger partial charge in [-0.05, 0) is 37.3 Å². The molecule has 11 heteroatoms. The molecule has 0 saturated carbocycles. The maximum atomic E-state index is 12.6. The van der Waals surface area contributed by atoms with Gasteiger partial charge >= 0.3 is 0 Å². The zero-order valence-electron chi connectivity index (χ0n) is 17.4. The number of nitrogens with zero attached hydrogens (tertiary/aromatic N) is 3. The fraction of sp³-hybridized carbons (Fsp3) is 0.250. The van der Waals surface area contributed by atoms with Crippen LogP contribution < -0.4 is 25.4 Å². The zero-order valence-corrected chi connectivity index (χ0v) is 19.0. The number of aromatic nitrogens is 3. The number of carbonyl (C=O) groups excluding carboxylic acids is 1. The van der Waals surface area contributed by atoms with Crippen molar-refractivity contribution in [3.63, 3.8) is 0 Å². The lowest BCUT2D eigenvalue weighted by Gasteiger charge is -2.13. The highest BCUT2D eigenvalue weighted by Gasteiger charge is 2.22. The first-order chi connectivity index (χ1) is 14.9. The molecule has 3 aromatic rings. The third kappa shape index (κ3) is 4.97. The Labute approximate surface area is 188 Å². The van der Waals surface area contributed by atoms with Crippen molar-refractivity contribution in [3.8, 4) is 28.6 Å². The monoisotopic (exact) mass is 463 g/mol. The molecule has 9 nitrogen and oxygen atoms in total. The summed E-state index contributed by atoms with van der Waals surface area (Å²) in [6, 6.07) is 10.3. The van der Waals surface area contributed by atoms with Gasteiger partial charge in [-0.2, -0.15) is 0 Å². The lowest BCUT2D eigenvalue weighted by Crippen LogP contribution is -2.23. The van der Waals surface area contributed by atoms with Crippen molar-refractivity contribution in [3.05, 3.63) is 41.4 Å². The van der Waals surface area contributed by atoms with Crippen molar-refractivity contribution < 1.29 is 19.0 Å². The van der Waals surface area contributed by atoms with Crippen LogP contribution in [0.25, 0.3) is 11.4 Å². The largest absolute Gasteiger partial charge is 0.497 e. The second-order valence-electron chi connectivity index (χ2n) is 6.34. The number of ether oxygens (including phenoxy) is 3. The second-order valence-corrected chi connectivity index (χ2v) is 8.06. The van der Waals surface area contributed by atoms with Gasteiger partial charge in [-0.25, -0.2) is 4.68 Å². The molecule has 2 aromatic carbocycles. The maximum absolute atomic E-state index is 12.6. The van der Waals surface area contributed by atoms with Crippen LogP contribution in [0.1, 0.15) is 6.92 Å². The molecular weight excluding hydrogens is 442 g/mol. The minimum Gasteiger partial charge on any atom is -0.497 e. The molecule has 1 aromatic heterocycles. The van der Waals surface area contributed by atoms with E-state index in [1.807, 2.05) is 0 Å². The normalized spacial score (nSPS) is 11.6. The van der Waals surface area contributed by atoms with Crippen LogP contribution in [0.4, 0.5) is 5.69 Å². The predicted molar refractivity (Wildman–Crippen MR) is 121 cm³/mol. The highest BCUT2D eigenvalue weighted by atomic mass is 35.5. The molecular formula is C20H22ClN5O4S. The number of hydrogen-bond acceptors (Lipinski definition) is 8. The van der Waals surface area contributed by atoms with Gasteiger partial charge in [-0.1, -0.05) is 23.4 Å². The number of benzene rings is 2. The SMILES string of the molecule is COc1ccc(-c2nnc(SC(C)C(=O)Nc3ccc(OC)c(Cl)c3)n2N)c(OC)c1. The molecule has 1 heterocycles. The Morgan fingerprint density at radius 1 is 1.10 bits per heavy atom. The fourth-order valence-corrected chi connectivity index (χ4v) is 3.75. The van der Waals surface area contributed by atoms with E-state index in [0.29, 0.717) is 44.5 Å². The molecule has 1 atom stereocenters. The summed E-state index contributed by atoms with van der Waals surface area (Å²) in [4.78, 5) is 12.6. The number of anilines is 1. The van der Waals surface area contributed by atoms with Crippen LogP contribution in [0.15, 0.2) is 41.6 Å². The van der Waals surface area contributed by atoms with Crippen molar-refractivity contribution in [2.24, 2.45) is 0 Å². The highest BCUT2D eigenvalue weighted by Crippen LogP contribution is 2.34. The van der Waals surface area contributed by atoms with E-state index in [2.05, 4.69) is 15.5 Å². The highest BCUT2D eigenvalue weighted by molar-refractivity contribution is 8.00. The van der Waals surface area contributed by atoms with Crippen LogP contribution >= 0.6 is 23.4 Å². The number of amides is 1. The van der Waals surface area contributed by atoms with Gasteiger partial charge in [-0.15, -0.1) is 10.2 Å². The summed E-state index contributed by atoms with van der Waals surface area (Å²) in [5.41, 5.74) is 1.20. The molecule has 0 aliphatic carbocycles. The number of rotatable bonds is 8. The molecule has 0 radical (unpaired) electrons. The number of nitrogen functional groups attached to an aromatic ring is 1. The summed E-state index contributed by atoms with van der Waals surface area (Å²) in [6.45, 7) is 1.74. The van der Waals surface area contributed by atoms with E-state index in [1.54, 1.807) is 57.5 Å². The van der Waals surface area contributed by atoms with Gasteiger partial charge in [0.2, 0.25) is 11.1 Å². The van der Waals surface area contributed by atoms with E-state index in [9.17, 15) is 4.79 Å². The smallest absolute Gasteiger partial charge is 0.237 e. The Bertz CT molecular complexity index is 1090. The summed E-state index contributed by atoms with van der Waals surface area (Å²) in [5.74, 6) is 8.07. The van der Waals surface area contributed by atoms with Crippen LogP contribution in [-0.2, 0) is 4.79 Å². The average Bonchev–Trinajstić information content (AvgIpc) is 3.13. The first kappa shape index (κ1) is 22.6. The molecule has 3 N–H and O–H groups in total. The minimum absolute atomic E-state index is 0.238. The van der Waals surface area contributed by atoms with Gasteiger partial charge in [0.25, 0.3) is 0 Å². The number of halogens is 1. The van der Waals surface area contributed by atoms with Gasteiger partial charge in [-0.3, -0.25) is 4.79 Å². The molecule has 31 heavy (non-hydrogen) atoms. The number of methoxy groups -OCH3 is 3. The van der Waals surface area contributed by atoms with Crippen LogP contribution in [0.5, 0.6) is 17.2 Å². The summed E-state index contributed by atoms with van der Waals surface area (Å²) < 4.78 is 17.1. The van der Waals surface area contributed by atoms with E-state index in [-0.39, 0.29) is 5.91 Å². The van der Waals surface area contributed by atoms with Crippen molar-refractivity contribution in [2.75, 3.05) is 32.5 Å². The van der Waals surface area contributed by atoms with E-state index in [1.165, 1.54) is 23.5 Å². The van der Waals surface area contributed by atoms with Crippen LogP contribution in [-0.4, -0.2) is 47.4 Å². The third-order valence-electron chi connectivity index (χ3n) is 4.38. The van der Waals surface area contributed by atoms with E-state index < -0.39 is 5.25 Å². The Balaban J connectivity index is 1.74. The van der Waals surface area contributed by atoms with Gasteiger partial charge < -0.3 is 25.4 Å². The van der Waals surface area contributed by atoms with Gasteiger partial charge in [0.15, 0.2) is 5.82 Å². The Morgan fingerprint density at radius 2 is 1.84 bits per heavy atom. The first-order valence-electron chi connectivity index (χ1n) is 9.11. The molecule has 1 amide bonds. The summed E-state index contributed by atoms with van der Waals surface area (Å²) in [6.07, 6.45) is 0. The van der Waals surface area contributed by atoms with Crippen molar-refractivity contribution >= 4 is 35.0 Å². The summed E-state index contributed by atoms with van der Waals surface area (Å²) >= 11 is 7.29. The number of thioether (sulfide) groups is 1. The zero-order chi connectivity index (χ0) is 22.5. The van der Waals surface area contributed by atoms with Gasteiger partial charge in [0.1, 0.15) is 17.2 Å². The molecule has 0 spiro atoms. The van der Waals surface area contributed by atoms with Crippen molar-refractivity contribution in [2.45, 2.75) is 17.3 Å². The average molecular weight is 464 g/mol. The number of nitrogens with two attached hydrogens (primary N) is 1. The fourth-order valence-electron chi connectivity index (χ4n) is 2.72. The lowest BCUT2D eigenvalue weighted by molar-refractivity contribution is -0.115. The standard InChI is InChI=1S/C20H22ClN5O4S/c1-11(19(27)23-12-5-8-16(29-3)15(21)9-12)31-20-25-24-18(26(20)22)14-7-6-13(28-2)10-17(14)30-4/h5-11H,22H2,1-4H3,(H,23,27). The summed E-state index contributed by atoms with van der Waals surface area (Å²) in [7, 11) is 4.64. The molecule has 3 rings (SSSR count). The van der Waals surface area contributed by atoms with E-state index in [0.717, 1.165) is 0 Å². The van der Waals surface area contributed by atoms with Gasteiger partial charge in [0.05, 0.1) is 37.2 Å². The Kier molecular flexibility index (Phi) is 7.13. The van der Waals surface area contributed by atoms with E-state index >= 15 is 0 Å². The quantitative estimate of drug-likeness (QED) is 0.385. The van der Waals surface area contributed by atoms with Crippen molar-refractivity contribution in [1.29, 1.82) is 0 Å². The summed E-state index contributed by atoms with van der Waals surface area (Å²) in [5, 5.41) is 11.4. The lowest BCUT2D eigenvalue weighted by atomic mass is 10.2. The number of nitrogens with one attached hydrogen (secondary N) is 1. The molecule has 0 aliphatic rings. The van der Waals surface area contributed by atoms with Crippen LogP contribution in [0.3, 0.4) is 0 Å². The third-order valence-corrected chi connectivity index (χ3v) is 5.74. The predicted octanol–water partition coefficient (Wildman–Crippen LogP) is 3.46. The molecule has 0 saturated heterocycles. The second kappa shape index (κ2) is 9.80. The first-order valence-corrected chi connectivity index (χ1v) is 10.4. The van der Waals surface area contributed by atoms with Crippen LogP contribution in [0, 0.1) is 0 Å². The van der Waals surface area contributed by atoms with Gasteiger partial charge in [0, 0.05) is 11.8 Å². The maximum Gasteiger partial charge on any atom is 0.237 e. The van der Waals surface area contributed by atoms with Crippen LogP contribution in [0.2, 0.25) is 5.02 Å². The molecule has 164 valence electrons. The molecule has 1 unspecified atom stereocenters. The minimum atomic E-state index is -0.502. The topological polar surface area (TPSA) is 114 Å². The molecule has 0 bridgehead atoms. The number of hydrogen-bond donors (Lipinski definition) is 2. The molecule has 0 aliphatic heterocycles. The Hall–Kier alpha value is -3.11. The Morgan fingerprint density at radius 3 is 2.48 bits per heavy atom. The van der Waals surface area contributed by atoms with E-state index in [4.69, 9.17) is 31.7 Å².